The zero-order valence-corrected chi connectivity index (χ0v) is 16.2. The van der Waals surface area contributed by atoms with Crippen molar-refractivity contribution in [3.8, 4) is 11.4 Å². The average molecular weight is 376 g/mol. The molecule has 144 valence electrons. The van der Waals surface area contributed by atoms with E-state index in [9.17, 15) is 4.79 Å². The number of hydrogen-bond donors (Lipinski definition) is 1. The van der Waals surface area contributed by atoms with Crippen molar-refractivity contribution in [3.63, 3.8) is 0 Å². The zero-order chi connectivity index (χ0) is 19.5. The molecule has 1 aliphatic rings. The number of aromatic nitrogens is 2. The number of aryl methyl sites for hydroxylation is 1. The van der Waals surface area contributed by atoms with Crippen LogP contribution < -0.4 is 5.32 Å². The number of nitrogens with zero attached hydrogens (tertiary/aromatic N) is 3. The van der Waals surface area contributed by atoms with Gasteiger partial charge < -0.3 is 14.7 Å². The number of anilines is 1. The third kappa shape index (κ3) is 4.06. The first-order chi connectivity index (χ1) is 13.6. The van der Waals surface area contributed by atoms with E-state index < -0.39 is 0 Å². The number of nitrogens with one attached hydrogen (secondary N) is 1. The summed E-state index contributed by atoms with van der Waals surface area (Å²) in [4.78, 5) is 18.8. The van der Waals surface area contributed by atoms with Crippen LogP contribution in [-0.2, 0) is 19.5 Å². The normalized spacial score (nSPS) is 13.0. The second kappa shape index (κ2) is 7.84. The van der Waals surface area contributed by atoms with Gasteiger partial charge >= 0.3 is 6.03 Å². The molecule has 3 aromatic rings. The van der Waals surface area contributed by atoms with Gasteiger partial charge in [0.05, 0.1) is 0 Å². The van der Waals surface area contributed by atoms with Gasteiger partial charge in [-0.1, -0.05) is 43.3 Å². The van der Waals surface area contributed by atoms with E-state index >= 15 is 0 Å². The third-order valence-electron chi connectivity index (χ3n) is 4.93. The highest BCUT2D eigenvalue weighted by atomic mass is 16.5. The Morgan fingerprint density at radius 1 is 1.11 bits per heavy atom. The van der Waals surface area contributed by atoms with Crippen LogP contribution in [0.1, 0.15) is 37.3 Å². The Hall–Kier alpha value is -3.15. The largest absolute Gasteiger partial charge is 0.339 e. The molecule has 4 rings (SSSR count). The summed E-state index contributed by atoms with van der Waals surface area (Å²) in [5.74, 6) is 1.84. The van der Waals surface area contributed by atoms with Crippen LogP contribution in [0.15, 0.2) is 53.1 Å². The van der Waals surface area contributed by atoms with Crippen molar-refractivity contribution < 1.29 is 9.32 Å². The minimum absolute atomic E-state index is 0.0977. The number of carbonyl (C=O) groups excluding carboxylic acids is 1. The topological polar surface area (TPSA) is 71.3 Å². The zero-order valence-electron chi connectivity index (χ0n) is 16.2. The first-order valence-corrected chi connectivity index (χ1v) is 9.64. The fourth-order valence-corrected chi connectivity index (χ4v) is 3.27. The SMILES string of the molecule is CC(C)CCc1nc(-c2ccc(NC(=O)N3Cc4ccccc4C3)cc2)no1. The minimum Gasteiger partial charge on any atom is -0.339 e. The molecule has 0 spiro atoms. The van der Waals surface area contributed by atoms with Gasteiger partial charge in [-0.15, -0.1) is 0 Å². The van der Waals surface area contributed by atoms with Crippen molar-refractivity contribution >= 4 is 11.7 Å². The number of carbonyl (C=O) groups is 1. The van der Waals surface area contributed by atoms with Crippen molar-refractivity contribution in [2.75, 3.05) is 5.32 Å². The van der Waals surface area contributed by atoms with Gasteiger partial charge in [0.25, 0.3) is 0 Å². The quantitative estimate of drug-likeness (QED) is 0.689. The predicted octanol–water partition coefficient (Wildman–Crippen LogP) is 4.87. The second-order valence-electron chi connectivity index (χ2n) is 7.58. The Morgan fingerprint density at radius 3 is 2.43 bits per heavy atom. The maximum atomic E-state index is 12.5. The summed E-state index contributed by atoms with van der Waals surface area (Å²) < 4.78 is 5.32. The first-order valence-electron chi connectivity index (χ1n) is 9.64. The predicted molar refractivity (Wildman–Crippen MR) is 108 cm³/mol. The standard InChI is InChI=1S/C22H24N4O2/c1-15(2)7-12-20-24-21(25-28-20)16-8-10-19(11-9-16)23-22(27)26-13-17-5-3-4-6-18(17)14-26/h3-6,8-11,15H,7,12-14H2,1-2H3,(H,23,27). The van der Waals surface area contributed by atoms with Crippen LogP contribution in [0.4, 0.5) is 10.5 Å². The number of amides is 2. The molecule has 1 aliphatic heterocycles. The van der Waals surface area contributed by atoms with E-state index in [1.54, 1.807) is 4.90 Å². The summed E-state index contributed by atoms with van der Waals surface area (Å²) in [5, 5.41) is 7.02. The molecule has 28 heavy (non-hydrogen) atoms. The highest BCUT2D eigenvalue weighted by Crippen LogP contribution is 2.24. The van der Waals surface area contributed by atoms with E-state index in [2.05, 4.69) is 41.4 Å². The lowest BCUT2D eigenvalue weighted by molar-refractivity contribution is 0.212. The Kier molecular flexibility index (Phi) is 5.10. The van der Waals surface area contributed by atoms with Crippen molar-refractivity contribution in [2.45, 2.75) is 39.8 Å². The monoisotopic (exact) mass is 376 g/mol. The number of rotatable bonds is 5. The molecule has 0 unspecified atom stereocenters. The highest BCUT2D eigenvalue weighted by molar-refractivity contribution is 5.90. The molecule has 0 fully saturated rings. The number of hydrogen-bond acceptors (Lipinski definition) is 4. The summed E-state index contributed by atoms with van der Waals surface area (Å²) in [6.07, 6.45) is 1.81. The van der Waals surface area contributed by atoms with Gasteiger partial charge in [-0.2, -0.15) is 4.98 Å². The molecule has 6 nitrogen and oxygen atoms in total. The molecule has 2 aromatic carbocycles. The molecule has 0 atom stereocenters. The maximum Gasteiger partial charge on any atom is 0.322 e. The number of fused-ring (bicyclic) bond motifs is 1. The molecule has 0 saturated carbocycles. The lowest BCUT2D eigenvalue weighted by Gasteiger charge is -2.16. The first kappa shape index (κ1) is 18.2. The summed E-state index contributed by atoms with van der Waals surface area (Å²) in [6.45, 7) is 5.63. The molecule has 2 amide bonds. The third-order valence-corrected chi connectivity index (χ3v) is 4.93. The summed E-state index contributed by atoms with van der Waals surface area (Å²) in [5.41, 5.74) is 4.02. The van der Waals surface area contributed by atoms with Gasteiger partial charge in [-0.3, -0.25) is 0 Å². The fourth-order valence-electron chi connectivity index (χ4n) is 3.27. The average Bonchev–Trinajstić information content (AvgIpc) is 3.34. The molecule has 1 aromatic heterocycles. The van der Waals surface area contributed by atoms with Gasteiger partial charge in [0, 0.05) is 30.8 Å². The van der Waals surface area contributed by atoms with E-state index in [4.69, 9.17) is 4.52 Å². The maximum absolute atomic E-state index is 12.5. The Morgan fingerprint density at radius 2 is 1.79 bits per heavy atom. The van der Waals surface area contributed by atoms with Crippen molar-refractivity contribution in [2.24, 2.45) is 5.92 Å². The van der Waals surface area contributed by atoms with Crippen LogP contribution in [0, 0.1) is 5.92 Å². The van der Waals surface area contributed by atoms with Crippen molar-refractivity contribution in [3.05, 3.63) is 65.5 Å². The van der Waals surface area contributed by atoms with Crippen LogP contribution >= 0.6 is 0 Å². The minimum atomic E-state index is -0.0977. The smallest absolute Gasteiger partial charge is 0.322 e. The van der Waals surface area contributed by atoms with Gasteiger partial charge in [0.2, 0.25) is 11.7 Å². The van der Waals surface area contributed by atoms with Crippen molar-refractivity contribution in [1.82, 2.24) is 15.0 Å². The van der Waals surface area contributed by atoms with E-state index in [-0.39, 0.29) is 6.03 Å². The summed E-state index contributed by atoms with van der Waals surface area (Å²) >= 11 is 0. The molecule has 0 aliphatic carbocycles. The van der Waals surface area contributed by atoms with E-state index in [1.807, 2.05) is 36.4 Å². The van der Waals surface area contributed by atoms with Crippen LogP contribution in [0.5, 0.6) is 0 Å². The second-order valence-corrected chi connectivity index (χ2v) is 7.58. The lowest BCUT2D eigenvalue weighted by Crippen LogP contribution is -2.30. The van der Waals surface area contributed by atoms with Gasteiger partial charge in [-0.25, -0.2) is 4.79 Å². The van der Waals surface area contributed by atoms with Crippen LogP contribution in [-0.4, -0.2) is 21.1 Å². The molecule has 0 radical (unpaired) electrons. The van der Waals surface area contributed by atoms with E-state index in [0.717, 1.165) is 24.1 Å². The van der Waals surface area contributed by atoms with Gasteiger partial charge in [0.15, 0.2) is 0 Å². The molecular formula is C22H24N4O2. The fraction of sp³-hybridized carbons (Fsp3) is 0.318. The van der Waals surface area contributed by atoms with Crippen LogP contribution in [0.25, 0.3) is 11.4 Å². The molecular weight excluding hydrogens is 352 g/mol. The van der Waals surface area contributed by atoms with E-state index in [0.29, 0.717) is 30.7 Å². The lowest BCUT2D eigenvalue weighted by atomic mass is 10.1. The summed E-state index contributed by atoms with van der Waals surface area (Å²) in [6, 6.07) is 15.6. The van der Waals surface area contributed by atoms with Crippen molar-refractivity contribution in [1.29, 1.82) is 0 Å². The van der Waals surface area contributed by atoms with Crippen LogP contribution in [0.3, 0.4) is 0 Å². The highest BCUT2D eigenvalue weighted by Gasteiger charge is 2.22. The molecule has 0 bridgehead atoms. The molecule has 1 N–H and O–H groups in total. The molecule has 0 saturated heterocycles. The number of urea groups is 1. The Bertz CT molecular complexity index is 938. The molecule has 2 heterocycles. The van der Waals surface area contributed by atoms with Gasteiger partial charge in [-0.05, 0) is 47.7 Å². The van der Waals surface area contributed by atoms with Crippen LogP contribution in [0.2, 0.25) is 0 Å². The molecule has 6 heteroatoms. The van der Waals surface area contributed by atoms with E-state index in [1.165, 1.54) is 11.1 Å². The Labute approximate surface area is 164 Å². The number of benzene rings is 2. The Balaban J connectivity index is 1.37. The summed E-state index contributed by atoms with van der Waals surface area (Å²) in [7, 11) is 0. The van der Waals surface area contributed by atoms with Gasteiger partial charge in [0.1, 0.15) is 0 Å².